The van der Waals surface area contributed by atoms with Crippen molar-refractivity contribution in [2.24, 2.45) is 0 Å². The number of benzene rings is 2. The normalized spacial score (nSPS) is 11.2. The van der Waals surface area contributed by atoms with Crippen molar-refractivity contribution in [3.05, 3.63) is 58.6 Å². The van der Waals surface area contributed by atoms with E-state index in [-0.39, 0.29) is 5.56 Å². The maximum Gasteiger partial charge on any atom is 0.417 e. The highest BCUT2D eigenvalue weighted by Gasteiger charge is 2.33. The fraction of sp³-hybridized carbons (Fsp3) is 0.0714. The Bertz CT molecular complexity index is 660. The van der Waals surface area contributed by atoms with E-state index in [4.69, 9.17) is 16.9 Å². The number of rotatable bonds is 2. The van der Waals surface area contributed by atoms with Crippen molar-refractivity contribution in [2.45, 2.75) is 16.0 Å². The van der Waals surface area contributed by atoms with Crippen LogP contribution in [0.2, 0.25) is 5.02 Å². The molecule has 0 saturated carbocycles. The smallest absolute Gasteiger partial charge is 0.192 e. The van der Waals surface area contributed by atoms with E-state index in [2.05, 4.69) is 0 Å². The predicted octanol–water partition coefficient (Wildman–Crippen LogP) is 5.38. The molecule has 2 rings (SSSR count). The van der Waals surface area contributed by atoms with E-state index >= 15 is 0 Å². The molecule has 0 unspecified atom stereocenters. The Kier molecular flexibility index (Phi) is 4.26. The fourth-order valence-electron chi connectivity index (χ4n) is 1.57. The van der Waals surface area contributed by atoms with Crippen LogP contribution in [0.1, 0.15) is 11.1 Å². The van der Waals surface area contributed by atoms with Crippen molar-refractivity contribution >= 4 is 23.4 Å². The van der Waals surface area contributed by atoms with Gasteiger partial charge in [-0.25, -0.2) is 0 Å². The van der Waals surface area contributed by atoms with Crippen LogP contribution in [-0.2, 0) is 6.18 Å². The Morgan fingerprint density at radius 1 is 1.00 bits per heavy atom. The third kappa shape index (κ3) is 3.47. The number of hydrogen-bond donors (Lipinski definition) is 0. The molecule has 0 aliphatic heterocycles. The van der Waals surface area contributed by atoms with Gasteiger partial charge < -0.3 is 0 Å². The lowest BCUT2D eigenvalue weighted by molar-refractivity contribution is -0.137. The molecule has 0 fully saturated rings. The van der Waals surface area contributed by atoms with Crippen molar-refractivity contribution in [2.75, 3.05) is 0 Å². The first-order chi connectivity index (χ1) is 9.40. The third-order valence-electron chi connectivity index (χ3n) is 2.47. The van der Waals surface area contributed by atoms with Crippen molar-refractivity contribution in [3.63, 3.8) is 0 Å². The molecule has 102 valence electrons. The second-order valence-corrected chi connectivity index (χ2v) is 5.46. The molecule has 0 radical (unpaired) electrons. The molecule has 2 aromatic rings. The summed E-state index contributed by atoms with van der Waals surface area (Å²) in [7, 11) is 0. The second-order valence-electron chi connectivity index (χ2n) is 3.87. The third-order valence-corrected chi connectivity index (χ3v) is 3.72. The van der Waals surface area contributed by atoms with Crippen LogP contribution in [0.5, 0.6) is 0 Å². The highest BCUT2D eigenvalue weighted by atomic mass is 35.5. The first kappa shape index (κ1) is 14.8. The molecule has 0 heterocycles. The van der Waals surface area contributed by atoms with E-state index in [0.29, 0.717) is 9.92 Å². The molecular weight excluding hydrogens is 307 g/mol. The lowest BCUT2D eigenvalue weighted by Crippen LogP contribution is -2.07. The summed E-state index contributed by atoms with van der Waals surface area (Å²) in [4.78, 5) is 1.40. The van der Waals surface area contributed by atoms with E-state index in [9.17, 15) is 13.2 Å². The molecule has 0 atom stereocenters. The SMILES string of the molecule is N#Cc1cc(Sc2ccc(Cl)cc2)ccc1C(F)(F)F. The molecule has 0 bridgehead atoms. The first-order valence-electron chi connectivity index (χ1n) is 5.45. The van der Waals surface area contributed by atoms with E-state index in [1.54, 1.807) is 30.3 Å². The van der Waals surface area contributed by atoms with Gasteiger partial charge in [0.05, 0.1) is 17.2 Å². The zero-order valence-electron chi connectivity index (χ0n) is 9.91. The molecule has 6 heteroatoms. The molecule has 0 aromatic heterocycles. The lowest BCUT2D eigenvalue weighted by atomic mass is 10.1. The molecule has 0 amide bonds. The molecular formula is C14H7ClF3NS. The van der Waals surface area contributed by atoms with Crippen LogP contribution < -0.4 is 0 Å². The van der Waals surface area contributed by atoms with Crippen molar-refractivity contribution < 1.29 is 13.2 Å². The molecule has 0 N–H and O–H groups in total. The Balaban J connectivity index is 2.31. The van der Waals surface area contributed by atoms with Crippen LogP contribution in [0.15, 0.2) is 52.3 Å². The fourth-order valence-corrected chi connectivity index (χ4v) is 2.55. The minimum atomic E-state index is -4.52. The minimum Gasteiger partial charge on any atom is -0.192 e. The van der Waals surface area contributed by atoms with Gasteiger partial charge in [-0.3, -0.25) is 0 Å². The highest BCUT2D eigenvalue weighted by molar-refractivity contribution is 7.99. The quantitative estimate of drug-likeness (QED) is 0.743. The topological polar surface area (TPSA) is 23.8 Å². The summed E-state index contributed by atoms with van der Waals surface area (Å²) in [6.07, 6.45) is -4.52. The maximum absolute atomic E-state index is 12.7. The molecule has 0 aliphatic rings. The summed E-state index contributed by atoms with van der Waals surface area (Å²) in [5.41, 5.74) is -1.29. The standard InChI is InChI=1S/C14H7ClF3NS/c15-10-1-3-11(4-2-10)20-12-5-6-13(14(16,17)18)9(7-12)8-19/h1-7H. The number of hydrogen-bond acceptors (Lipinski definition) is 2. The van der Waals surface area contributed by atoms with Crippen molar-refractivity contribution in [3.8, 4) is 6.07 Å². The van der Waals surface area contributed by atoms with Gasteiger partial charge >= 0.3 is 6.18 Å². The highest BCUT2D eigenvalue weighted by Crippen LogP contribution is 2.35. The van der Waals surface area contributed by atoms with Gasteiger partial charge in [-0.1, -0.05) is 23.4 Å². The number of alkyl halides is 3. The minimum absolute atomic E-state index is 0.378. The van der Waals surface area contributed by atoms with Gasteiger partial charge in [0.15, 0.2) is 0 Å². The van der Waals surface area contributed by atoms with Gasteiger partial charge in [-0.15, -0.1) is 0 Å². The molecule has 0 aliphatic carbocycles. The van der Waals surface area contributed by atoms with Gasteiger partial charge in [-0.05, 0) is 42.5 Å². The Morgan fingerprint density at radius 3 is 2.15 bits per heavy atom. The monoisotopic (exact) mass is 313 g/mol. The number of nitriles is 1. The van der Waals surface area contributed by atoms with E-state index in [1.807, 2.05) is 0 Å². The summed E-state index contributed by atoms with van der Waals surface area (Å²) in [6, 6.07) is 12.0. The van der Waals surface area contributed by atoms with Gasteiger partial charge in [-0.2, -0.15) is 18.4 Å². The number of nitrogens with zero attached hydrogens (tertiary/aromatic N) is 1. The van der Waals surface area contributed by atoms with Gasteiger partial charge in [0.1, 0.15) is 0 Å². The van der Waals surface area contributed by atoms with Gasteiger partial charge in [0.2, 0.25) is 0 Å². The van der Waals surface area contributed by atoms with Crippen LogP contribution in [0.25, 0.3) is 0 Å². The molecule has 20 heavy (non-hydrogen) atoms. The van der Waals surface area contributed by atoms with Crippen molar-refractivity contribution in [1.29, 1.82) is 5.26 Å². The van der Waals surface area contributed by atoms with Crippen LogP contribution in [0.4, 0.5) is 13.2 Å². The Morgan fingerprint density at radius 2 is 1.60 bits per heavy atom. The molecule has 2 aromatic carbocycles. The van der Waals surface area contributed by atoms with E-state index in [0.717, 1.165) is 11.0 Å². The summed E-state index contributed by atoms with van der Waals surface area (Å²) in [6.45, 7) is 0. The Labute approximate surface area is 123 Å². The van der Waals surface area contributed by atoms with Crippen LogP contribution in [-0.4, -0.2) is 0 Å². The van der Waals surface area contributed by atoms with Crippen LogP contribution in [0.3, 0.4) is 0 Å². The summed E-state index contributed by atoms with van der Waals surface area (Å²) >= 11 is 7.02. The van der Waals surface area contributed by atoms with Crippen LogP contribution >= 0.6 is 23.4 Å². The zero-order valence-corrected chi connectivity index (χ0v) is 11.5. The van der Waals surface area contributed by atoms with Gasteiger partial charge in [0, 0.05) is 14.8 Å². The predicted molar refractivity (Wildman–Crippen MR) is 71.7 cm³/mol. The average molecular weight is 314 g/mol. The summed E-state index contributed by atoms with van der Waals surface area (Å²) in [5.74, 6) is 0. The lowest BCUT2D eigenvalue weighted by Gasteiger charge is -2.10. The van der Waals surface area contributed by atoms with E-state index < -0.39 is 11.7 Å². The van der Waals surface area contributed by atoms with E-state index in [1.165, 1.54) is 23.9 Å². The Hall–Kier alpha value is -1.64. The summed E-state index contributed by atoms with van der Waals surface area (Å²) < 4.78 is 38.0. The van der Waals surface area contributed by atoms with Crippen LogP contribution in [0, 0.1) is 11.3 Å². The first-order valence-corrected chi connectivity index (χ1v) is 6.64. The molecule has 1 nitrogen and oxygen atoms in total. The van der Waals surface area contributed by atoms with Gasteiger partial charge in [0.25, 0.3) is 0 Å². The second kappa shape index (κ2) is 5.78. The maximum atomic E-state index is 12.7. The molecule has 0 spiro atoms. The largest absolute Gasteiger partial charge is 0.417 e. The summed E-state index contributed by atoms with van der Waals surface area (Å²) in [5, 5.41) is 9.41. The zero-order chi connectivity index (χ0) is 14.8. The number of halogens is 4. The molecule has 0 saturated heterocycles. The van der Waals surface area contributed by atoms with Crippen molar-refractivity contribution in [1.82, 2.24) is 0 Å². The average Bonchev–Trinajstić information content (AvgIpc) is 2.40.